The van der Waals surface area contributed by atoms with E-state index in [0.717, 1.165) is 17.8 Å². The second-order valence-electron chi connectivity index (χ2n) is 7.82. The van der Waals surface area contributed by atoms with Gasteiger partial charge in [-0.05, 0) is 19.8 Å². The average molecular weight is 413 g/mol. The molecule has 166 valence electrons. The van der Waals surface area contributed by atoms with E-state index in [1.54, 1.807) is 0 Å². The van der Waals surface area contributed by atoms with E-state index in [0.29, 0.717) is 0 Å². The Bertz CT molecular complexity index is 339. The van der Waals surface area contributed by atoms with Gasteiger partial charge in [0.1, 0.15) is 13.2 Å². The molecule has 0 saturated heterocycles. The van der Waals surface area contributed by atoms with Gasteiger partial charge >= 0.3 is 7.82 Å². The largest absolute Gasteiger partial charge is 0.466 e. The first-order chi connectivity index (χ1) is 12.6. The Hall–Kier alpha value is 0.0300. The first-order valence-electron chi connectivity index (χ1n) is 10.9. The fourth-order valence-electron chi connectivity index (χ4n) is 3.10. The van der Waals surface area contributed by atoms with Crippen LogP contribution in [0.25, 0.3) is 0 Å². The van der Waals surface area contributed by atoms with Gasteiger partial charge in [0.25, 0.3) is 0 Å². The highest BCUT2D eigenvalue weighted by molar-refractivity contribution is 7.45. The molecular weight excluding hydrogens is 365 g/mol. The summed E-state index contributed by atoms with van der Waals surface area (Å²) in [5.74, 6) is 0. The summed E-state index contributed by atoms with van der Waals surface area (Å²) in [5, 5.41) is 0. The molecule has 27 heavy (non-hydrogen) atoms. The predicted molar refractivity (Wildman–Crippen MR) is 113 cm³/mol. The van der Waals surface area contributed by atoms with Crippen LogP contribution in [-0.2, 0) is 9.40 Å². The molecule has 6 nitrogen and oxygen atoms in total. The highest BCUT2D eigenvalue weighted by Crippen LogP contribution is 2.25. The monoisotopic (exact) mass is 412 g/mol. The van der Waals surface area contributed by atoms with E-state index in [1.807, 2.05) is 0 Å². The highest BCUT2D eigenvalue weighted by Gasteiger charge is 2.14. The molecule has 7 heteroatoms. The van der Waals surface area contributed by atoms with Crippen molar-refractivity contribution >= 4 is 7.82 Å². The molecule has 0 radical (unpaired) electrons. The Kier molecular flexibility index (Phi) is 21.0. The van der Waals surface area contributed by atoms with E-state index < -0.39 is 7.82 Å². The van der Waals surface area contributed by atoms with Gasteiger partial charge in [0.15, 0.2) is 0 Å². The van der Waals surface area contributed by atoms with Crippen molar-refractivity contribution in [1.29, 1.82) is 0 Å². The second-order valence-corrected chi connectivity index (χ2v) is 8.85. The Morgan fingerprint density at radius 2 is 0.963 bits per heavy atom. The molecule has 0 aromatic rings. The van der Waals surface area contributed by atoms with Crippen LogP contribution < -0.4 is 0 Å². The van der Waals surface area contributed by atoms with Gasteiger partial charge in [0, 0.05) is 0 Å². The molecule has 0 aliphatic rings. The number of phosphoric acid groups is 1. The minimum atomic E-state index is -4.64. The smallest absolute Gasteiger partial charge is 0.303 e. The Balaban J connectivity index is 0. The minimum Gasteiger partial charge on any atom is -0.303 e. The lowest BCUT2D eigenvalue weighted by Gasteiger charge is -2.26. The van der Waals surface area contributed by atoms with Gasteiger partial charge in [0.05, 0.1) is 14.1 Å². The van der Waals surface area contributed by atoms with E-state index in [4.69, 9.17) is 24.1 Å². The lowest BCUT2D eigenvalue weighted by atomic mass is 10.0. The van der Waals surface area contributed by atoms with Gasteiger partial charge in [-0.2, -0.15) is 4.65 Å². The Labute approximate surface area is 168 Å². The molecular formula is C20H47NO5P+. The maximum Gasteiger partial charge on any atom is 0.466 e. The van der Waals surface area contributed by atoms with Gasteiger partial charge < -0.3 is 14.7 Å². The summed E-state index contributed by atoms with van der Waals surface area (Å²) in [7, 11) is -0.322. The molecule has 0 aromatic heterocycles. The Morgan fingerprint density at radius 1 is 0.667 bits per heavy atom. The number of quaternary nitrogens is 1. The van der Waals surface area contributed by atoms with Gasteiger partial charge in [-0.3, -0.25) is 0 Å². The molecule has 0 heterocycles. The van der Waals surface area contributed by atoms with Gasteiger partial charge in [-0.1, -0.05) is 84.0 Å². The van der Waals surface area contributed by atoms with Crippen molar-refractivity contribution in [3.05, 3.63) is 0 Å². The van der Waals surface area contributed by atoms with Crippen LogP contribution in [0.15, 0.2) is 0 Å². The van der Waals surface area contributed by atoms with E-state index in [-0.39, 0.29) is 0 Å². The highest BCUT2D eigenvalue weighted by atomic mass is 31.2. The first-order valence-corrected chi connectivity index (χ1v) is 12.4. The zero-order chi connectivity index (χ0) is 21.0. The number of rotatable bonds is 17. The van der Waals surface area contributed by atoms with Crippen molar-refractivity contribution in [2.75, 3.05) is 27.2 Å². The quantitative estimate of drug-likeness (QED) is 0.126. The van der Waals surface area contributed by atoms with Crippen molar-refractivity contribution in [1.82, 2.24) is 0 Å². The molecule has 0 spiro atoms. The van der Waals surface area contributed by atoms with Gasteiger partial charge in [0.2, 0.25) is 0 Å². The first kappa shape index (κ1) is 29.2. The number of unbranched alkanes of at least 4 members (excludes halogenated alkanes) is 13. The molecule has 0 atom stereocenters. The van der Waals surface area contributed by atoms with E-state index >= 15 is 0 Å². The van der Waals surface area contributed by atoms with E-state index in [1.165, 1.54) is 89.9 Å². The van der Waals surface area contributed by atoms with Crippen LogP contribution in [0.5, 0.6) is 0 Å². The summed E-state index contributed by atoms with van der Waals surface area (Å²) in [6, 6.07) is 0. The van der Waals surface area contributed by atoms with E-state index in [9.17, 15) is 0 Å². The number of hydroxylamine groups is 3. The molecule has 0 aliphatic heterocycles. The normalized spacial score (nSPS) is 12.0. The third kappa shape index (κ3) is 34.0. The Morgan fingerprint density at radius 3 is 1.26 bits per heavy atom. The zero-order valence-electron chi connectivity index (χ0n) is 18.4. The van der Waals surface area contributed by atoms with Crippen molar-refractivity contribution in [3.8, 4) is 0 Å². The third-order valence-electron chi connectivity index (χ3n) is 4.53. The average Bonchev–Trinajstić information content (AvgIpc) is 2.53. The molecule has 0 fully saturated rings. The van der Waals surface area contributed by atoms with Crippen LogP contribution in [0.3, 0.4) is 0 Å². The van der Waals surface area contributed by atoms with Crippen LogP contribution in [-0.4, -0.2) is 46.6 Å². The predicted octanol–water partition coefficient (Wildman–Crippen LogP) is 5.57. The fourth-order valence-corrected chi connectivity index (χ4v) is 3.10. The molecule has 0 aromatic carbocycles. The van der Waals surface area contributed by atoms with Crippen LogP contribution >= 0.6 is 7.82 Å². The SMILES string of the molecule is CCCCCCCCCCCCCCCC[N+](C)(C)OCC.O=P(O)(O)O. The summed E-state index contributed by atoms with van der Waals surface area (Å²) >= 11 is 0. The van der Waals surface area contributed by atoms with Gasteiger partial charge in [-0.25, -0.2) is 9.40 Å². The molecule has 0 rings (SSSR count). The standard InChI is InChI=1S/C20H44NO.H3O4P/c1-5-7-8-9-10-11-12-13-14-15-16-17-18-19-20-21(3,4)22-6-2;1-5(2,3)4/h5-20H2,1-4H3;(H3,1,2,3,4)/q+1;. The van der Waals surface area contributed by atoms with Crippen LogP contribution in [0.2, 0.25) is 0 Å². The third-order valence-corrected chi connectivity index (χ3v) is 4.53. The van der Waals surface area contributed by atoms with Crippen molar-refractivity contribution < 1.29 is 28.7 Å². The number of nitrogens with zero attached hydrogens (tertiary/aromatic N) is 1. The lowest BCUT2D eigenvalue weighted by molar-refractivity contribution is -1.08. The van der Waals surface area contributed by atoms with Crippen molar-refractivity contribution in [3.63, 3.8) is 0 Å². The summed E-state index contributed by atoms with van der Waals surface area (Å²) in [6.07, 6.45) is 20.0. The minimum absolute atomic E-state index is 0.717. The van der Waals surface area contributed by atoms with Crippen LogP contribution in [0.1, 0.15) is 104 Å². The number of hydrogen-bond acceptors (Lipinski definition) is 2. The van der Waals surface area contributed by atoms with Crippen molar-refractivity contribution in [2.24, 2.45) is 0 Å². The summed E-state index contributed by atoms with van der Waals surface area (Å²) in [5.41, 5.74) is 0. The van der Waals surface area contributed by atoms with Crippen molar-refractivity contribution in [2.45, 2.75) is 104 Å². The fraction of sp³-hybridized carbons (Fsp3) is 1.00. The number of hydrogen-bond donors (Lipinski definition) is 3. The lowest BCUT2D eigenvalue weighted by Crippen LogP contribution is -2.40. The van der Waals surface area contributed by atoms with E-state index in [2.05, 4.69) is 27.9 Å². The van der Waals surface area contributed by atoms with Crippen LogP contribution in [0, 0.1) is 0 Å². The summed E-state index contributed by atoms with van der Waals surface area (Å²) < 4.78 is 9.60. The molecule has 0 unspecified atom stereocenters. The topological polar surface area (TPSA) is 87.0 Å². The molecule has 0 aliphatic carbocycles. The maximum absolute atomic E-state index is 8.88. The molecule has 0 amide bonds. The maximum atomic E-state index is 8.88. The van der Waals surface area contributed by atoms with Crippen LogP contribution in [0.4, 0.5) is 0 Å². The molecule has 0 saturated carbocycles. The summed E-state index contributed by atoms with van der Waals surface area (Å²) in [4.78, 5) is 27.2. The molecule has 3 N–H and O–H groups in total. The molecule has 0 bridgehead atoms. The zero-order valence-corrected chi connectivity index (χ0v) is 19.3. The van der Waals surface area contributed by atoms with Gasteiger partial charge in [-0.15, -0.1) is 0 Å². The second kappa shape index (κ2) is 19.4. The summed E-state index contributed by atoms with van der Waals surface area (Å²) in [6.45, 7) is 6.32.